The maximum Gasteiger partial charge on any atom is 0.322 e. The quantitative estimate of drug-likeness (QED) is 0.211. The number of methoxy groups -OCH3 is 1. The van der Waals surface area contributed by atoms with Gasteiger partial charge in [-0.05, 0) is 38.5 Å². The first-order valence-corrected chi connectivity index (χ1v) is 11.2. The van der Waals surface area contributed by atoms with Crippen LogP contribution in [0, 0.1) is 0 Å². The number of fused-ring (bicyclic) bond motifs is 1. The third-order valence-corrected chi connectivity index (χ3v) is 6.28. The Morgan fingerprint density at radius 3 is 2.50 bits per heavy atom. The molecule has 0 amide bonds. The molecule has 0 aliphatic carbocycles. The van der Waals surface area contributed by atoms with Crippen molar-refractivity contribution in [3.63, 3.8) is 0 Å². The van der Waals surface area contributed by atoms with Gasteiger partial charge >= 0.3 is 5.97 Å². The molecule has 2 heterocycles. The first-order chi connectivity index (χ1) is 15.5. The number of carbonyl (C=O) groups excluding carboxylic acids is 1. The molecule has 0 N–H and O–H groups in total. The lowest BCUT2D eigenvalue weighted by atomic mass is 10.1. The molecule has 4 rings (SSSR count). The smallest absolute Gasteiger partial charge is 0.322 e. The fourth-order valence-corrected chi connectivity index (χ4v) is 4.58. The SMILES string of the molecule is CCOC(=O)C(C)(C)Sc1ncnc2c1c(-c1ccccc1)cn2-c1ccccc1OC. The molecule has 0 saturated heterocycles. The van der Waals surface area contributed by atoms with Gasteiger partial charge in [-0.2, -0.15) is 0 Å². The van der Waals surface area contributed by atoms with Crippen LogP contribution in [0.4, 0.5) is 0 Å². The second-order valence-electron chi connectivity index (χ2n) is 7.66. The summed E-state index contributed by atoms with van der Waals surface area (Å²) in [4.78, 5) is 21.7. The molecule has 0 aliphatic heterocycles. The van der Waals surface area contributed by atoms with Crippen molar-refractivity contribution in [1.82, 2.24) is 14.5 Å². The Morgan fingerprint density at radius 1 is 1.06 bits per heavy atom. The van der Waals surface area contributed by atoms with Crippen molar-refractivity contribution < 1.29 is 14.3 Å². The fourth-order valence-electron chi connectivity index (χ4n) is 3.55. The van der Waals surface area contributed by atoms with E-state index in [1.807, 2.05) is 74.0 Å². The standard InChI is InChI=1S/C25H25N3O3S/c1-5-31-24(29)25(2,3)32-23-21-18(17-11-7-6-8-12-17)15-28(22(21)26-16-27-23)19-13-9-10-14-20(19)30-4/h6-16H,5H2,1-4H3. The molecule has 6 nitrogen and oxygen atoms in total. The highest BCUT2D eigenvalue weighted by Gasteiger charge is 2.33. The van der Waals surface area contributed by atoms with Crippen LogP contribution in [-0.4, -0.2) is 39.0 Å². The van der Waals surface area contributed by atoms with Gasteiger partial charge in [0.15, 0.2) is 0 Å². The monoisotopic (exact) mass is 447 g/mol. The molecule has 7 heteroatoms. The van der Waals surface area contributed by atoms with Crippen LogP contribution < -0.4 is 4.74 Å². The highest BCUT2D eigenvalue weighted by molar-refractivity contribution is 8.01. The van der Waals surface area contributed by atoms with E-state index in [1.165, 1.54) is 18.1 Å². The van der Waals surface area contributed by atoms with Crippen LogP contribution in [0.1, 0.15) is 20.8 Å². The molecular formula is C25H25N3O3S. The normalized spacial score (nSPS) is 11.5. The van der Waals surface area contributed by atoms with E-state index in [9.17, 15) is 4.79 Å². The zero-order valence-electron chi connectivity index (χ0n) is 18.5. The molecule has 2 aromatic carbocycles. The number of rotatable bonds is 7. The number of thioether (sulfide) groups is 1. The van der Waals surface area contributed by atoms with E-state index in [1.54, 1.807) is 7.11 Å². The van der Waals surface area contributed by atoms with Gasteiger partial charge in [-0.1, -0.05) is 54.2 Å². The first kappa shape index (κ1) is 21.9. The Hall–Kier alpha value is -3.32. The summed E-state index contributed by atoms with van der Waals surface area (Å²) >= 11 is 1.38. The molecule has 164 valence electrons. The molecule has 0 fully saturated rings. The molecule has 4 aromatic rings. The Balaban J connectivity index is 1.96. The van der Waals surface area contributed by atoms with E-state index >= 15 is 0 Å². The van der Waals surface area contributed by atoms with Crippen LogP contribution in [0.3, 0.4) is 0 Å². The lowest BCUT2D eigenvalue weighted by Gasteiger charge is -2.21. The Morgan fingerprint density at radius 2 is 1.78 bits per heavy atom. The van der Waals surface area contributed by atoms with E-state index in [4.69, 9.17) is 9.47 Å². The van der Waals surface area contributed by atoms with Gasteiger partial charge in [-0.15, -0.1) is 0 Å². The number of hydrogen-bond acceptors (Lipinski definition) is 6. The fraction of sp³-hybridized carbons (Fsp3) is 0.240. The van der Waals surface area contributed by atoms with Crippen LogP contribution in [0.25, 0.3) is 27.8 Å². The number of aromatic nitrogens is 3. The van der Waals surface area contributed by atoms with Crippen molar-refractivity contribution in [3.05, 3.63) is 67.1 Å². The number of esters is 1. The van der Waals surface area contributed by atoms with E-state index in [-0.39, 0.29) is 5.97 Å². The summed E-state index contributed by atoms with van der Waals surface area (Å²) in [5.41, 5.74) is 3.64. The lowest BCUT2D eigenvalue weighted by molar-refractivity contribution is -0.145. The van der Waals surface area contributed by atoms with Gasteiger partial charge in [0.1, 0.15) is 27.5 Å². The summed E-state index contributed by atoms with van der Waals surface area (Å²) < 4.78 is 12.1. The zero-order chi connectivity index (χ0) is 22.7. The summed E-state index contributed by atoms with van der Waals surface area (Å²) in [6, 6.07) is 17.9. The van der Waals surface area contributed by atoms with Crippen LogP contribution in [0.5, 0.6) is 5.75 Å². The van der Waals surface area contributed by atoms with Crippen molar-refractivity contribution in [2.24, 2.45) is 0 Å². The van der Waals surface area contributed by atoms with Crippen molar-refractivity contribution >= 4 is 28.8 Å². The molecule has 0 saturated carbocycles. The van der Waals surface area contributed by atoms with Gasteiger partial charge < -0.3 is 9.47 Å². The molecule has 0 unspecified atom stereocenters. The van der Waals surface area contributed by atoms with Gasteiger partial charge in [0, 0.05) is 11.8 Å². The number of hydrogen-bond donors (Lipinski definition) is 0. The number of para-hydroxylation sites is 2. The molecule has 0 aliphatic rings. The summed E-state index contributed by atoms with van der Waals surface area (Å²) in [6.45, 7) is 5.84. The van der Waals surface area contributed by atoms with Gasteiger partial charge in [0.2, 0.25) is 0 Å². The number of benzene rings is 2. The molecule has 32 heavy (non-hydrogen) atoms. The molecule has 0 spiro atoms. The van der Waals surface area contributed by atoms with Crippen molar-refractivity contribution in [3.8, 4) is 22.6 Å². The Bertz CT molecular complexity index is 1250. The van der Waals surface area contributed by atoms with E-state index in [2.05, 4.69) is 22.1 Å². The maximum atomic E-state index is 12.6. The minimum atomic E-state index is -0.808. The van der Waals surface area contributed by atoms with Gasteiger partial charge in [-0.25, -0.2) is 9.97 Å². The third kappa shape index (κ3) is 4.08. The number of carbonyl (C=O) groups is 1. The number of ether oxygens (including phenoxy) is 2. The van der Waals surface area contributed by atoms with E-state index < -0.39 is 4.75 Å². The first-order valence-electron chi connectivity index (χ1n) is 10.4. The topological polar surface area (TPSA) is 66.2 Å². The van der Waals surface area contributed by atoms with Gasteiger partial charge in [-0.3, -0.25) is 9.36 Å². The van der Waals surface area contributed by atoms with E-state index in [0.29, 0.717) is 6.61 Å². The van der Waals surface area contributed by atoms with Crippen LogP contribution >= 0.6 is 11.8 Å². The summed E-state index contributed by atoms with van der Waals surface area (Å²) in [5.74, 6) is 0.464. The Kier molecular flexibility index (Phi) is 6.19. The van der Waals surface area contributed by atoms with Gasteiger partial charge in [0.25, 0.3) is 0 Å². The predicted octanol–water partition coefficient (Wildman–Crippen LogP) is 5.53. The molecule has 0 radical (unpaired) electrons. The Labute approximate surface area is 191 Å². The lowest BCUT2D eigenvalue weighted by Crippen LogP contribution is -2.30. The highest BCUT2D eigenvalue weighted by Crippen LogP contribution is 2.42. The molecule has 0 atom stereocenters. The van der Waals surface area contributed by atoms with Crippen molar-refractivity contribution in [2.45, 2.75) is 30.5 Å². The molecule has 2 aromatic heterocycles. The maximum absolute atomic E-state index is 12.6. The van der Waals surface area contributed by atoms with E-state index in [0.717, 1.165) is 38.6 Å². The summed E-state index contributed by atoms with van der Waals surface area (Å²) in [6.07, 6.45) is 3.58. The third-order valence-electron chi connectivity index (χ3n) is 5.10. The van der Waals surface area contributed by atoms with Crippen molar-refractivity contribution in [2.75, 3.05) is 13.7 Å². The van der Waals surface area contributed by atoms with Crippen LogP contribution in [0.2, 0.25) is 0 Å². The van der Waals surface area contributed by atoms with Crippen LogP contribution in [-0.2, 0) is 9.53 Å². The van der Waals surface area contributed by atoms with Crippen LogP contribution in [0.15, 0.2) is 72.1 Å². The summed E-state index contributed by atoms with van der Waals surface area (Å²) in [7, 11) is 1.65. The van der Waals surface area contributed by atoms with Crippen molar-refractivity contribution in [1.29, 1.82) is 0 Å². The highest BCUT2D eigenvalue weighted by atomic mass is 32.2. The minimum Gasteiger partial charge on any atom is -0.495 e. The largest absolute Gasteiger partial charge is 0.495 e. The zero-order valence-corrected chi connectivity index (χ0v) is 19.3. The average Bonchev–Trinajstić information content (AvgIpc) is 3.20. The second-order valence-corrected chi connectivity index (χ2v) is 9.27. The molecular weight excluding hydrogens is 422 g/mol. The minimum absolute atomic E-state index is 0.276. The second kappa shape index (κ2) is 9.04. The van der Waals surface area contributed by atoms with Gasteiger partial charge in [0.05, 0.1) is 24.8 Å². The molecule has 0 bridgehead atoms. The number of nitrogens with zero attached hydrogens (tertiary/aromatic N) is 3. The summed E-state index contributed by atoms with van der Waals surface area (Å²) in [5, 5.41) is 1.60. The average molecular weight is 448 g/mol. The predicted molar refractivity (Wildman–Crippen MR) is 127 cm³/mol.